The van der Waals surface area contributed by atoms with Crippen molar-refractivity contribution in [1.82, 2.24) is 5.32 Å². The lowest BCUT2D eigenvalue weighted by atomic mass is 9.83. The van der Waals surface area contributed by atoms with E-state index in [9.17, 15) is 40.5 Å². The lowest BCUT2D eigenvalue weighted by molar-refractivity contribution is -0.307. The predicted molar refractivity (Wildman–Crippen MR) is 154 cm³/mol. The van der Waals surface area contributed by atoms with Crippen molar-refractivity contribution in [2.75, 3.05) is 19.7 Å². The van der Waals surface area contributed by atoms with Gasteiger partial charge in [0, 0.05) is 12.6 Å². The number of aliphatic hydroxyl groups excluding tert-OH is 7. The number of aliphatic hydroxyl groups is 7. The zero-order valence-electron chi connectivity index (χ0n) is 24.9. The van der Waals surface area contributed by atoms with Crippen molar-refractivity contribution >= 4 is 26.7 Å². The smallest absolute Gasteiger partial charge is 0.394 e. The molecule has 0 spiro atoms. The molecular weight excluding hydrogens is 706 g/mol. The summed E-state index contributed by atoms with van der Waals surface area (Å²) in [6.45, 7) is -0.764. The summed E-state index contributed by atoms with van der Waals surface area (Å²) in [4.78, 5) is 12.4. The Balaban J connectivity index is 0.00000100. The van der Waals surface area contributed by atoms with Crippen molar-refractivity contribution in [2.24, 2.45) is 22.9 Å². The highest BCUT2D eigenvalue weighted by Gasteiger charge is 2.53. The molecule has 1 aliphatic carbocycles. The molecule has 48 heavy (non-hydrogen) atoms. The van der Waals surface area contributed by atoms with Gasteiger partial charge in [-0.25, -0.2) is 0 Å². The standard InChI is InChI=1S/C21H41N5O12.2H2O4S/c22-2-1-8(28)19(34)26-7-3-6(24)17(37-20-11(25)15(32)13(30)9(4-23)35-20)18(12(7)29)38-21-16(33)14(31)10(5-27)36-21;2*1-5(2,3)4/h6-18,20-21,27-33H,1-5,22-25H2,(H,26,34);2*(H2,1,2,3,4)/t6?,7?,8?,9?,10-,11+,12-,13?,14-,15-,16+,17?,18-,20?,21?;;/m1../s1. The van der Waals surface area contributed by atoms with Crippen LogP contribution < -0.4 is 28.3 Å². The third-order valence-corrected chi connectivity index (χ3v) is 7.15. The molecule has 20 N–H and O–H groups in total. The fourth-order valence-electron chi connectivity index (χ4n) is 4.84. The molecule has 0 aromatic heterocycles. The van der Waals surface area contributed by atoms with E-state index in [1.54, 1.807) is 0 Å². The SMILES string of the molecule is NCCC(O)C(=O)NC1CC(N)C(OC2OC(CN)C(O)[C@H](O)[C@@H]2N)[C@H](OC2O[C@H](CO)[C@@H](O)[C@@H]2O)[C@@H]1O.O=S(=O)(O)O.O=S(=O)(O)O. The summed E-state index contributed by atoms with van der Waals surface area (Å²) in [5, 5.41) is 74.0. The van der Waals surface area contributed by atoms with Gasteiger partial charge in [-0.3, -0.25) is 23.0 Å². The van der Waals surface area contributed by atoms with E-state index in [0.29, 0.717) is 0 Å². The van der Waals surface area contributed by atoms with Gasteiger partial charge in [0.1, 0.15) is 61.0 Å². The molecule has 0 radical (unpaired) electrons. The highest BCUT2D eigenvalue weighted by molar-refractivity contribution is 7.80. The van der Waals surface area contributed by atoms with Crippen LogP contribution in [0.15, 0.2) is 0 Å². The minimum atomic E-state index is -4.67. The van der Waals surface area contributed by atoms with Gasteiger partial charge in [-0.05, 0) is 19.4 Å². The van der Waals surface area contributed by atoms with Gasteiger partial charge >= 0.3 is 20.8 Å². The number of amides is 1. The summed E-state index contributed by atoms with van der Waals surface area (Å²) in [7, 11) is -9.33. The van der Waals surface area contributed by atoms with Gasteiger partial charge in [-0.15, -0.1) is 0 Å². The minimum absolute atomic E-state index is 0.0255. The van der Waals surface area contributed by atoms with Crippen LogP contribution in [0.3, 0.4) is 0 Å². The lowest BCUT2D eigenvalue weighted by Gasteiger charge is -2.48. The largest absolute Gasteiger partial charge is 0.394 e. The van der Waals surface area contributed by atoms with Crippen molar-refractivity contribution < 1.29 is 94.5 Å². The lowest BCUT2D eigenvalue weighted by Crippen LogP contribution is -2.69. The van der Waals surface area contributed by atoms with E-state index < -0.39 is 125 Å². The maximum absolute atomic E-state index is 12.4. The van der Waals surface area contributed by atoms with E-state index in [0.717, 1.165) is 0 Å². The molecule has 3 fully saturated rings. The maximum atomic E-state index is 12.4. The zero-order chi connectivity index (χ0) is 37.3. The second-order valence-corrected chi connectivity index (χ2v) is 12.5. The molecule has 3 aliphatic rings. The third-order valence-electron chi connectivity index (χ3n) is 7.15. The average molecular weight is 752 g/mol. The van der Waals surface area contributed by atoms with Crippen LogP contribution in [0.4, 0.5) is 0 Å². The Bertz CT molecular complexity index is 1160. The Morgan fingerprint density at radius 3 is 1.73 bits per heavy atom. The van der Waals surface area contributed by atoms with Crippen molar-refractivity contribution in [3.8, 4) is 0 Å². The van der Waals surface area contributed by atoms with Crippen LogP contribution in [0.5, 0.6) is 0 Å². The highest BCUT2D eigenvalue weighted by atomic mass is 32.3. The van der Waals surface area contributed by atoms with E-state index in [2.05, 4.69) is 5.32 Å². The van der Waals surface area contributed by atoms with E-state index in [1.165, 1.54) is 0 Å². The number of hydrogen-bond donors (Lipinski definition) is 16. The van der Waals surface area contributed by atoms with Crippen LogP contribution in [0.1, 0.15) is 12.8 Å². The van der Waals surface area contributed by atoms with Crippen molar-refractivity contribution in [1.29, 1.82) is 0 Å². The molecule has 8 unspecified atom stereocenters. The Morgan fingerprint density at radius 2 is 1.27 bits per heavy atom. The first-order chi connectivity index (χ1) is 21.9. The first-order valence-electron chi connectivity index (χ1n) is 13.9. The summed E-state index contributed by atoms with van der Waals surface area (Å²) in [5.74, 6) is -0.807. The van der Waals surface area contributed by atoms with Gasteiger partial charge in [0.25, 0.3) is 0 Å². The molecule has 2 heterocycles. The van der Waals surface area contributed by atoms with Crippen LogP contribution in [-0.4, -0.2) is 188 Å². The second kappa shape index (κ2) is 19.3. The van der Waals surface area contributed by atoms with Gasteiger partial charge in [-0.2, -0.15) is 16.8 Å². The Hall–Kier alpha value is -1.39. The normalized spacial score (nSPS) is 39.3. The summed E-state index contributed by atoms with van der Waals surface area (Å²) < 4.78 is 85.9. The first kappa shape index (κ1) is 44.6. The molecule has 2 saturated heterocycles. The van der Waals surface area contributed by atoms with Gasteiger partial charge < -0.3 is 82.9 Å². The molecule has 3 rings (SSSR count). The quantitative estimate of drug-likeness (QED) is 0.0921. The second-order valence-electron chi connectivity index (χ2n) is 10.7. The molecule has 0 aromatic rings. The predicted octanol–water partition coefficient (Wildman–Crippen LogP) is -9.09. The Kier molecular flexibility index (Phi) is 17.9. The highest BCUT2D eigenvalue weighted by Crippen LogP contribution is 2.32. The van der Waals surface area contributed by atoms with Crippen LogP contribution in [-0.2, 0) is 44.5 Å². The van der Waals surface area contributed by atoms with Crippen molar-refractivity contribution in [3.05, 3.63) is 0 Å². The minimum Gasteiger partial charge on any atom is -0.394 e. The Morgan fingerprint density at radius 1 is 0.792 bits per heavy atom. The molecule has 286 valence electrons. The number of rotatable bonds is 10. The zero-order valence-corrected chi connectivity index (χ0v) is 26.5. The van der Waals surface area contributed by atoms with E-state index in [1.807, 2.05) is 0 Å². The molecular formula is C21H45N5O20S2. The van der Waals surface area contributed by atoms with Gasteiger partial charge in [0.2, 0.25) is 5.91 Å². The van der Waals surface area contributed by atoms with Crippen LogP contribution in [0, 0.1) is 0 Å². The van der Waals surface area contributed by atoms with E-state index >= 15 is 0 Å². The molecule has 25 nitrogen and oxygen atoms in total. The summed E-state index contributed by atoms with van der Waals surface area (Å²) in [5.41, 5.74) is 23.3. The number of nitrogens with one attached hydrogen (secondary N) is 1. The van der Waals surface area contributed by atoms with E-state index in [-0.39, 0.29) is 25.9 Å². The summed E-state index contributed by atoms with van der Waals surface area (Å²) in [6.07, 6.45) is -16.9. The van der Waals surface area contributed by atoms with Gasteiger partial charge in [0.05, 0.1) is 18.7 Å². The van der Waals surface area contributed by atoms with Gasteiger partial charge in [0.15, 0.2) is 12.6 Å². The monoisotopic (exact) mass is 751 g/mol. The topological polar surface area (TPSA) is 461 Å². The van der Waals surface area contributed by atoms with Crippen molar-refractivity contribution in [3.63, 3.8) is 0 Å². The molecule has 0 bridgehead atoms. The average Bonchev–Trinajstić information content (AvgIpc) is 3.23. The maximum Gasteiger partial charge on any atom is 0.394 e. The van der Waals surface area contributed by atoms with Gasteiger partial charge in [-0.1, -0.05) is 0 Å². The summed E-state index contributed by atoms with van der Waals surface area (Å²) in [6, 6.07) is -3.29. The number of nitrogens with two attached hydrogens (primary N) is 4. The number of carbonyl (C=O) groups excluding carboxylic acids is 1. The number of ether oxygens (including phenoxy) is 4. The Labute approximate surface area is 273 Å². The molecule has 0 aromatic carbocycles. The van der Waals surface area contributed by atoms with Crippen LogP contribution in [0.2, 0.25) is 0 Å². The molecule has 1 saturated carbocycles. The molecule has 27 heteroatoms. The van der Waals surface area contributed by atoms with Crippen LogP contribution in [0.25, 0.3) is 0 Å². The fourth-order valence-corrected chi connectivity index (χ4v) is 4.84. The van der Waals surface area contributed by atoms with Crippen LogP contribution >= 0.6 is 0 Å². The number of hydrogen-bond acceptors (Lipinski definition) is 20. The van der Waals surface area contributed by atoms with Crippen molar-refractivity contribution in [2.45, 2.75) is 105 Å². The third kappa shape index (κ3) is 14.1. The first-order valence-corrected chi connectivity index (χ1v) is 16.7. The summed E-state index contributed by atoms with van der Waals surface area (Å²) >= 11 is 0. The molecule has 2 aliphatic heterocycles. The number of carbonyl (C=O) groups is 1. The fraction of sp³-hybridized carbons (Fsp3) is 0.952. The molecule has 15 atom stereocenters. The molecule has 1 amide bonds. The van der Waals surface area contributed by atoms with E-state index in [4.69, 9.17) is 76.9 Å².